The Morgan fingerprint density at radius 2 is 1.95 bits per heavy atom. The Balaban J connectivity index is 2.16. The zero-order valence-electron chi connectivity index (χ0n) is 14.0. The first kappa shape index (κ1) is 16.3. The molecular formula is C16H29N3O2. The summed E-state index contributed by atoms with van der Waals surface area (Å²) in [4.78, 5) is 29.4. The molecule has 2 amide bonds. The van der Waals surface area contributed by atoms with E-state index in [2.05, 4.69) is 17.3 Å². The fourth-order valence-electron chi connectivity index (χ4n) is 3.42. The minimum absolute atomic E-state index is 0.00313. The van der Waals surface area contributed by atoms with Crippen LogP contribution in [0.3, 0.4) is 0 Å². The molecule has 0 radical (unpaired) electrons. The second kappa shape index (κ2) is 5.95. The van der Waals surface area contributed by atoms with Gasteiger partial charge in [-0.25, -0.2) is 0 Å². The molecule has 2 saturated heterocycles. The number of likely N-dealkylation sites (tertiary alicyclic amines) is 1. The highest BCUT2D eigenvalue weighted by atomic mass is 16.2. The first-order chi connectivity index (χ1) is 9.74. The molecule has 2 fully saturated rings. The highest BCUT2D eigenvalue weighted by Crippen LogP contribution is 2.27. The van der Waals surface area contributed by atoms with E-state index in [-0.39, 0.29) is 23.3 Å². The maximum Gasteiger partial charge on any atom is 0.246 e. The van der Waals surface area contributed by atoms with Gasteiger partial charge in [0.25, 0.3) is 0 Å². The highest BCUT2D eigenvalue weighted by Gasteiger charge is 2.45. The Hall–Kier alpha value is -1.10. The van der Waals surface area contributed by atoms with Crippen LogP contribution in [0.4, 0.5) is 0 Å². The van der Waals surface area contributed by atoms with Crippen molar-refractivity contribution < 1.29 is 9.59 Å². The summed E-state index contributed by atoms with van der Waals surface area (Å²) >= 11 is 0. The van der Waals surface area contributed by atoms with E-state index in [0.717, 1.165) is 19.5 Å². The van der Waals surface area contributed by atoms with E-state index in [9.17, 15) is 9.59 Å². The Kier molecular flexibility index (Phi) is 4.61. The zero-order chi connectivity index (χ0) is 15.8. The van der Waals surface area contributed by atoms with Crippen LogP contribution in [0.5, 0.6) is 0 Å². The van der Waals surface area contributed by atoms with Crippen molar-refractivity contribution in [1.82, 2.24) is 15.1 Å². The van der Waals surface area contributed by atoms with E-state index in [1.54, 1.807) is 0 Å². The molecule has 2 heterocycles. The molecule has 3 unspecified atom stereocenters. The molecule has 1 N–H and O–H groups in total. The first-order valence-corrected chi connectivity index (χ1v) is 8.03. The zero-order valence-corrected chi connectivity index (χ0v) is 14.0. The maximum absolute atomic E-state index is 12.9. The molecule has 0 spiro atoms. The highest BCUT2D eigenvalue weighted by molar-refractivity contribution is 5.97. The van der Waals surface area contributed by atoms with Gasteiger partial charge in [-0.2, -0.15) is 0 Å². The van der Waals surface area contributed by atoms with Gasteiger partial charge in [-0.3, -0.25) is 9.59 Å². The van der Waals surface area contributed by atoms with Gasteiger partial charge < -0.3 is 15.1 Å². The lowest BCUT2D eigenvalue weighted by atomic mass is 9.83. The summed E-state index contributed by atoms with van der Waals surface area (Å²) in [5.74, 6) is 0.575. The molecule has 0 aliphatic carbocycles. The Morgan fingerprint density at radius 3 is 2.43 bits per heavy atom. The van der Waals surface area contributed by atoms with Gasteiger partial charge in [0.2, 0.25) is 11.8 Å². The van der Waals surface area contributed by atoms with E-state index < -0.39 is 6.04 Å². The van der Waals surface area contributed by atoms with E-state index in [1.807, 2.05) is 32.6 Å². The van der Waals surface area contributed by atoms with Crippen molar-refractivity contribution in [3.8, 4) is 0 Å². The largest absolute Gasteiger partial charge is 0.342 e. The van der Waals surface area contributed by atoms with Gasteiger partial charge in [-0.05, 0) is 37.8 Å². The summed E-state index contributed by atoms with van der Waals surface area (Å²) in [7, 11) is 2.11. The minimum Gasteiger partial charge on any atom is -0.342 e. The van der Waals surface area contributed by atoms with Gasteiger partial charge in [0.05, 0.1) is 0 Å². The standard InChI is InChI=1S/C16H29N3O2/c1-6-12-14(20)17-13(16(2,3)4)15(21)19(12)10-11-7-8-18(5)9-11/h11-13H,6-10H2,1-5H3,(H,17,20). The lowest BCUT2D eigenvalue weighted by Crippen LogP contribution is -2.67. The second-order valence-electron chi connectivity index (χ2n) is 7.64. The van der Waals surface area contributed by atoms with Crippen LogP contribution in [-0.4, -0.2) is 60.4 Å². The first-order valence-electron chi connectivity index (χ1n) is 8.03. The summed E-state index contributed by atoms with van der Waals surface area (Å²) in [6.07, 6.45) is 1.79. The van der Waals surface area contributed by atoms with Crippen molar-refractivity contribution in [1.29, 1.82) is 0 Å². The number of carbonyl (C=O) groups is 2. The van der Waals surface area contributed by atoms with Crippen LogP contribution in [0.1, 0.15) is 40.5 Å². The molecule has 5 heteroatoms. The van der Waals surface area contributed by atoms with E-state index in [0.29, 0.717) is 18.9 Å². The average Bonchev–Trinajstić information content (AvgIpc) is 2.78. The van der Waals surface area contributed by atoms with Gasteiger partial charge >= 0.3 is 0 Å². The lowest BCUT2D eigenvalue weighted by Gasteiger charge is -2.44. The quantitative estimate of drug-likeness (QED) is 0.848. The fourth-order valence-corrected chi connectivity index (χ4v) is 3.42. The molecule has 120 valence electrons. The Morgan fingerprint density at radius 1 is 1.29 bits per heavy atom. The van der Waals surface area contributed by atoms with E-state index in [4.69, 9.17) is 0 Å². The van der Waals surface area contributed by atoms with Crippen LogP contribution < -0.4 is 5.32 Å². The summed E-state index contributed by atoms with van der Waals surface area (Å²) < 4.78 is 0. The molecule has 21 heavy (non-hydrogen) atoms. The summed E-state index contributed by atoms with van der Waals surface area (Å²) in [6.45, 7) is 10.8. The van der Waals surface area contributed by atoms with Crippen molar-refractivity contribution in [3.63, 3.8) is 0 Å². The van der Waals surface area contributed by atoms with Crippen LogP contribution in [-0.2, 0) is 9.59 Å². The van der Waals surface area contributed by atoms with Crippen molar-refractivity contribution in [2.75, 3.05) is 26.7 Å². The lowest BCUT2D eigenvalue weighted by molar-refractivity contribution is -0.153. The summed E-state index contributed by atoms with van der Waals surface area (Å²) in [6, 6.07) is -0.714. The third-order valence-electron chi connectivity index (χ3n) is 4.69. The normalized spacial score (nSPS) is 31.7. The number of hydrogen-bond acceptors (Lipinski definition) is 3. The monoisotopic (exact) mass is 295 g/mol. The number of nitrogens with one attached hydrogen (secondary N) is 1. The molecule has 2 aliphatic rings. The van der Waals surface area contributed by atoms with Crippen LogP contribution >= 0.6 is 0 Å². The number of rotatable bonds is 3. The van der Waals surface area contributed by atoms with E-state index in [1.165, 1.54) is 0 Å². The van der Waals surface area contributed by atoms with Gasteiger partial charge in [0, 0.05) is 13.1 Å². The number of amides is 2. The average molecular weight is 295 g/mol. The van der Waals surface area contributed by atoms with Gasteiger partial charge in [0.1, 0.15) is 12.1 Å². The minimum atomic E-state index is -0.410. The second-order valence-corrected chi connectivity index (χ2v) is 7.64. The van der Waals surface area contributed by atoms with Crippen molar-refractivity contribution in [3.05, 3.63) is 0 Å². The summed E-state index contributed by atoms with van der Waals surface area (Å²) in [5.41, 5.74) is -0.254. The molecule has 2 rings (SSSR count). The molecule has 0 aromatic heterocycles. The van der Waals surface area contributed by atoms with Crippen LogP contribution in [0, 0.1) is 11.3 Å². The van der Waals surface area contributed by atoms with Crippen molar-refractivity contribution >= 4 is 11.8 Å². The molecular weight excluding hydrogens is 266 g/mol. The maximum atomic E-state index is 12.9. The van der Waals surface area contributed by atoms with Crippen LogP contribution in [0.2, 0.25) is 0 Å². The van der Waals surface area contributed by atoms with Gasteiger partial charge in [0.15, 0.2) is 0 Å². The molecule has 0 saturated carbocycles. The van der Waals surface area contributed by atoms with Gasteiger partial charge in [-0.15, -0.1) is 0 Å². The molecule has 5 nitrogen and oxygen atoms in total. The number of hydrogen-bond donors (Lipinski definition) is 1. The molecule has 2 aliphatic heterocycles. The van der Waals surface area contributed by atoms with Crippen LogP contribution in [0.25, 0.3) is 0 Å². The Labute approximate surface area is 128 Å². The SMILES string of the molecule is CCC1C(=O)NC(C(C)(C)C)C(=O)N1CC1CCN(C)C1. The number of carbonyl (C=O) groups excluding carboxylic acids is 2. The van der Waals surface area contributed by atoms with Crippen LogP contribution in [0.15, 0.2) is 0 Å². The Bertz CT molecular complexity index is 416. The number of nitrogens with zero attached hydrogens (tertiary/aromatic N) is 2. The summed E-state index contributed by atoms with van der Waals surface area (Å²) in [5, 5.41) is 2.93. The topological polar surface area (TPSA) is 52.7 Å². The molecule has 0 aromatic rings. The number of piperazine rings is 1. The third kappa shape index (κ3) is 3.39. The van der Waals surface area contributed by atoms with Crippen molar-refractivity contribution in [2.24, 2.45) is 11.3 Å². The predicted octanol–water partition coefficient (Wildman–Crippen LogP) is 1.09. The molecule has 0 aromatic carbocycles. The van der Waals surface area contributed by atoms with Crippen molar-refractivity contribution in [2.45, 2.75) is 52.6 Å². The van der Waals surface area contributed by atoms with Gasteiger partial charge in [-0.1, -0.05) is 27.7 Å². The third-order valence-corrected chi connectivity index (χ3v) is 4.69. The molecule has 0 bridgehead atoms. The smallest absolute Gasteiger partial charge is 0.246 e. The van der Waals surface area contributed by atoms with E-state index >= 15 is 0 Å². The predicted molar refractivity (Wildman–Crippen MR) is 82.8 cm³/mol. The molecule has 3 atom stereocenters. The fraction of sp³-hybridized carbons (Fsp3) is 0.875.